The average Bonchev–Trinajstić information content (AvgIpc) is 2.25. The Morgan fingerprint density at radius 2 is 2.31 bits per heavy atom. The van der Waals surface area contributed by atoms with E-state index in [2.05, 4.69) is 11.2 Å². The molecule has 16 heavy (non-hydrogen) atoms. The molecular formula is C11H11ClN2O2. The maximum absolute atomic E-state index is 10.7. The molecule has 0 bridgehead atoms. The molecule has 1 aromatic rings. The molecule has 0 fully saturated rings. The average molecular weight is 239 g/mol. The lowest BCUT2D eigenvalue weighted by molar-refractivity contribution is -0.383. The van der Waals surface area contributed by atoms with Crippen molar-refractivity contribution in [3.63, 3.8) is 0 Å². The summed E-state index contributed by atoms with van der Waals surface area (Å²) in [5.74, 6) is 2.50. The summed E-state index contributed by atoms with van der Waals surface area (Å²) in [6.45, 7) is 0.564. The van der Waals surface area contributed by atoms with Gasteiger partial charge in [0.05, 0.1) is 9.95 Å². The molecule has 0 unspecified atom stereocenters. The highest BCUT2D eigenvalue weighted by Gasteiger charge is 2.15. The highest BCUT2D eigenvalue weighted by Crippen LogP contribution is 2.31. The van der Waals surface area contributed by atoms with Gasteiger partial charge in [-0.3, -0.25) is 10.1 Å². The summed E-state index contributed by atoms with van der Waals surface area (Å²) in [5.41, 5.74) is 0.333. The molecule has 0 atom stereocenters. The maximum atomic E-state index is 10.7. The Kier molecular flexibility index (Phi) is 4.62. The van der Waals surface area contributed by atoms with Gasteiger partial charge >= 0.3 is 0 Å². The molecule has 1 N–H and O–H groups in total. The second kappa shape index (κ2) is 5.99. The molecule has 0 aliphatic carbocycles. The third-order valence-corrected chi connectivity index (χ3v) is 2.30. The molecule has 0 saturated heterocycles. The molecular weight excluding hydrogens is 228 g/mol. The summed E-state index contributed by atoms with van der Waals surface area (Å²) < 4.78 is 0. The van der Waals surface area contributed by atoms with Crippen LogP contribution in [0, 0.1) is 22.5 Å². The fourth-order valence-corrected chi connectivity index (χ4v) is 1.48. The highest BCUT2D eigenvalue weighted by molar-refractivity contribution is 6.33. The van der Waals surface area contributed by atoms with Crippen LogP contribution in [0.3, 0.4) is 0 Å². The first-order chi connectivity index (χ1) is 7.66. The minimum atomic E-state index is -0.463. The van der Waals surface area contributed by atoms with Crippen molar-refractivity contribution in [3.8, 4) is 12.3 Å². The van der Waals surface area contributed by atoms with Crippen LogP contribution >= 0.6 is 11.6 Å². The fraction of sp³-hybridized carbons (Fsp3) is 0.273. The van der Waals surface area contributed by atoms with Crippen LogP contribution in [-0.2, 0) is 0 Å². The largest absolute Gasteiger partial charge is 0.378 e. The van der Waals surface area contributed by atoms with Gasteiger partial charge in [-0.05, 0) is 12.5 Å². The number of halogens is 1. The SMILES string of the molecule is C#CCCCNc1c(Cl)cccc1[N+](=O)[O-]. The number of benzene rings is 1. The number of hydrogen-bond acceptors (Lipinski definition) is 3. The number of hydrogen-bond donors (Lipinski definition) is 1. The molecule has 5 heteroatoms. The van der Waals surface area contributed by atoms with Crippen molar-refractivity contribution in [2.45, 2.75) is 12.8 Å². The van der Waals surface area contributed by atoms with Gasteiger partial charge in [-0.25, -0.2) is 0 Å². The van der Waals surface area contributed by atoms with Crippen molar-refractivity contribution < 1.29 is 4.92 Å². The van der Waals surface area contributed by atoms with Crippen LogP contribution in [0.4, 0.5) is 11.4 Å². The van der Waals surface area contributed by atoms with E-state index in [9.17, 15) is 10.1 Å². The summed E-state index contributed by atoms with van der Waals surface area (Å²) in [4.78, 5) is 10.3. The lowest BCUT2D eigenvalue weighted by Crippen LogP contribution is -2.04. The molecule has 0 aliphatic heterocycles. The first kappa shape index (κ1) is 12.3. The molecule has 4 nitrogen and oxygen atoms in total. The minimum absolute atomic E-state index is 0.0202. The second-order valence-corrected chi connectivity index (χ2v) is 3.53. The molecule has 1 rings (SSSR count). The number of nitro benzene ring substituents is 1. The quantitative estimate of drug-likeness (QED) is 0.371. The standard InChI is InChI=1S/C11H11ClN2O2/c1-2-3-4-8-13-11-9(12)6-5-7-10(11)14(15)16/h1,5-7,13H,3-4,8H2. The lowest BCUT2D eigenvalue weighted by Gasteiger charge is -2.07. The third kappa shape index (κ3) is 3.14. The summed E-state index contributed by atoms with van der Waals surface area (Å²) >= 11 is 5.88. The Labute approximate surface area is 98.8 Å². The highest BCUT2D eigenvalue weighted by atomic mass is 35.5. The second-order valence-electron chi connectivity index (χ2n) is 3.13. The van der Waals surface area contributed by atoms with Gasteiger partial charge in [-0.2, -0.15) is 0 Å². The van der Waals surface area contributed by atoms with Crippen molar-refractivity contribution in [2.24, 2.45) is 0 Å². The van der Waals surface area contributed by atoms with Crippen LogP contribution in [0.15, 0.2) is 18.2 Å². The number of anilines is 1. The van der Waals surface area contributed by atoms with E-state index in [4.69, 9.17) is 18.0 Å². The van der Waals surface area contributed by atoms with Crippen LogP contribution in [0.5, 0.6) is 0 Å². The Balaban J connectivity index is 2.77. The van der Waals surface area contributed by atoms with Gasteiger partial charge in [0.25, 0.3) is 5.69 Å². The molecule has 0 aliphatic rings. The zero-order valence-corrected chi connectivity index (χ0v) is 9.33. The number of nitro groups is 1. The zero-order chi connectivity index (χ0) is 12.0. The van der Waals surface area contributed by atoms with Crippen LogP contribution in [0.2, 0.25) is 5.02 Å². The number of rotatable bonds is 5. The van der Waals surface area contributed by atoms with E-state index in [1.807, 2.05) is 0 Å². The van der Waals surface area contributed by atoms with Gasteiger partial charge in [-0.15, -0.1) is 12.3 Å². The number of terminal acetylenes is 1. The Morgan fingerprint density at radius 3 is 2.94 bits per heavy atom. The molecule has 0 aromatic heterocycles. The van der Waals surface area contributed by atoms with Crippen molar-refractivity contribution in [3.05, 3.63) is 33.3 Å². The minimum Gasteiger partial charge on any atom is -0.378 e. The third-order valence-electron chi connectivity index (χ3n) is 1.99. The van der Waals surface area contributed by atoms with Gasteiger partial charge in [0.2, 0.25) is 0 Å². The smallest absolute Gasteiger partial charge is 0.293 e. The van der Waals surface area contributed by atoms with Crippen molar-refractivity contribution >= 4 is 23.0 Å². The van der Waals surface area contributed by atoms with Crippen molar-refractivity contribution in [1.82, 2.24) is 0 Å². The number of nitrogens with one attached hydrogen (secondary N) is 1. The van der Waals surface area contributed by atoms with E-state index >= 15 is 0 Å². The molecule has 0 amide bonds. The summed E-state index contributed by atoms with van der Waals surface area (Å²) in [6, 6.07) is 4.57. The molecule has 0 saturated carbocycles. The fourth-order valence-electron chi connectivity index (χ4n) is 1.24. The first-order valence-corrected chi connectivity index (χ1v) is 5.15. The Bertz CT molecular complexity index is 426. The summed E-state index contributed by atoms with van der Waals surface area (Å²) in [5, 5.41) is 14.0. The van der Waals surface area contributed by atoms with Gasteiger partial charge in [-0.1, -0.05) is 17.7 Å². The lowest BCUT2D eigenvalue weighted by atomic mass is 10.2. The zero-order valence-electron chi connectivity index (χ0n) is 8.57. The van der Waals surface area contributed by atoms with Crippen molar-refractivity contribution in [1.29, 1.82) is 0 Å². The molecule has 0 heterocycles. The van der Waals surface area contributed by atoms with E-state index in [1.54, 1.807) is 12.1 Å². The van der Waals surface area contributed by atoms with Gasteiger partial charge < -0.3 is 5.32 Å². The van der Waals surface area contributed by atoms with Gasteiger partial charge in [0.15, 0.2) is 0 Å². The van der Waals surface area contributed by atoms with E-state index in [1.165, 1.54) is 6.07 Å². The van der Waals surface area contributed by atoms with Crippen LogP contribution in [0.25, 0.3) is 0 Å². The van der Waals surface area contributed by atoms with E-state index < -0.39 is 4.92 Å². The number of para-hydroxylation sites is 1. The van der Waals surface area contributed by atoms with E-state index in [0.717, 1.165) is 6.42 Å². The van der Waals surface area contributed by atoms with Gasteiger partial charge in [0.1, 0.15) is 5.69 Å². The monoisotopic (exact) mass is 238 g/mol. The van der Waals surface area contributed by atoms with E-state index in [-0.39, 0.29) is 5.69 Å². The topological polar surface area (TPSA) is 55.2 Å². The van der Waals surface area contributed by atoms with Crippen LogP contribution in [0.1, 0.15) is 12.8 Å². The normalized spacial score (nSPS) is 9.50. The number of unbranched alkanes of at least 4 members (excludes halogenated alkanes) is 1. The predicted molar refractivity (Wildman–Crippen MR) is 64.7 cm³/mol. The molecule has 0 radical (unpaired) electrons. The summed E-state index contributed by atoms with van der Waals surface area (Å²) in [7, 11) is 0. The molecule has 1 aromatic carbocycles. The first-order valence-electron chi connectivity index (χ1n) is 4.77. The Morgan fingerprint density at radius 1 is 1.56 bits per heavy atom. The van der Waals surface area contributed by atoms with Crippen molar-refractivity contribution in [2.75, 3.05) is 11.9 Å². The number of nitrogens with zero attached hydrogens (tertiary/aromatic N) is 1. The molecule has 0 spiro atoms. The summed E-state index contributed by atoms with van der Waals surface area (Å²) in [6.07, 6.45) is 6.48. The molecule has 84 valence electrons. The van der Waals surface area contributed by atoms with Crippen LogP contribution in [-0.4, -0.2) is 11.5 Å². The maximum Gasteiger partial charge on any atom is 0.293 e. The van der Waals surface area contributed by atoms with Gasteiger partial charge in [0, 0.05) is 19.0 Å². The van der Waals surface area contributed by atoms with Crippen LogP contribution < -0.4 is 5.32 Å². The predicted octanol–water partition coefficient (Wildman–Crippen LogP) is 3.07. The Hall–Kier alpha value is -1.73. The van der Waals surface area contributed by atoms with E-state index in [0.29, 0.717) is 23.7 Å².